The van der Waals surface area contributed by atoms with Gasteiger partial charge in [0.2, 0.25) is 0 Å². The largest absolute Gasteiger partial charge is 0.494 e. The number of aromatic hydroxyl groups is 1. The number of aryl methyl sites for hydroxylation is 2. The maximum Gasteiger partial charge on any atom is 0.198 e. The molecule has 6 heteroatoms. The molecular formula is C25H28N4O2. The molecule has 1 fully saturated rings. The van der Waals surface area contributed by atoms with Crippen LogP contribution >= 0.6 is 0 Å². The summed E-state index contributed by atoms with van der Waals surface area (Å²) in [5.41, 5.74) is 7.65. The Balaban J connectivity index is 1.73. The lowest BCUT2D eigenvalue weighted by molar-refractivity contribution is 0.132. The summed E-state index contributed by atoms with van der Waals surface area (Å²) >= 11 is 0. The Labute approximate surface area is 182 Å². The van der Waals surface area contributed by atoms with E-state index in [1.54, 1.807) is 6.08 Å². The topological polar surface area (TPSA) is 93.5 Å². The number of ether oxygens (including phenoxy) is 1. The van der Waals surface area contributed by atoms with Gasteiger partial charge in [0.15, 0.2) is 5.88 Å². The minimum Gasteiger partial charge on any atom is -0.494 e. The number of hydrogen-bond acceptors (Lipinski definition) is 4. The molecule has 1 aliphatic rings. The number of rotatable bonds is 4. The number of H-pyrrole nitrogens is 1. The molecular weight excluding hydrogens is 388 g/mol. The molecule has 0 radical (unpaired) electrons. The van der Waals surface area contributed by atoms with E-state index in [0.29, 0.717) is 24.5 Å². The molecule has 2 heterocycles. The Bertz CT molecular complexity index is 1200. The lowest BCUT2D eigenvalue weighted by Gasteiger charge is -2.16. The van der Waals surface area contributed by atoms with E-state index in [4.69, 9.17) is 10.1 Å². The molecule has 6 nitrogen and oxygen atoms in total. The zero-order valence-corrected chi connectivity index (χ0v) is 18.2. The highest BCUT2D eigenvalue weighted by atomic mass is 16.5. The summed E-state index contributed by atoms with van der Waals surface area (Å²) in [6.45, 7) is 7.92. The van der Waals surface area contributed by atoms with Crippen molar-refractivity contribution in [3.63, 3.8) is 0 Å². The first-order valence-corrected chi connectivity index (χ1v) is 10.6. The predicted octanol–water partition coefficient (Wildman–Crippen LogP) is 4.70. The van der Waals surface area contributed by atoms with Crippen LogP contribution in [0.4, 0.5) is 0 Å². The van der Waals surface area contributed by atoms with Crippen LogP contribution in [-0.4, -0.2) is 41.4 Å². The first-order valence-electron chi connectivity index (χ1n) is 10.6. The van der Waals surface area contributed by atoms with Gasteiger partial charge in [0.25, 0.3) is 0 Å². The van der Waals surface area contributed by atoms with Crippen LogP contribution in [0.3, 0.4) is 0 Å². The van der Waals surface area contributed by atoms with E-state index in [1.165, 1.54) is 16.7 Å². The minimum atomic E-state index is 0.0620. The second-order valence-corrected chi connectivity index (χ2v) is 7.84. The molecule has 31 heavy (non-hydrogen) atoms. The van der Waals surface area contributed by atoms with Crippen molar-refractivity contribution in [2.24, 2.45) is 4.99 Å². The quantitative estimate of drug-likeness (QED) is 0.367. The third kappa shape index (κ3) is 4.39. The van der Waals surface area contributed by atoms with Crippen LogP contribution in [0.2, 0.25) is 0 Å². The molecule has 0 atom stereocenters. The number of benzene rings is 2. The summed E-state index contributed by atoms with van der Waals surface area (Å²) in [5.74, 6) is 0.175. The Morgan fingerprint density at radius 2 is 2.10 bits per heavy atom. The normalized spacial score (nSPS) is 16.0. The van der Waals surface area contributed by atoms with Gasteiger partial charge in [0.1, 0.15) is 5.84 Å². The van der Waals surface area contributed by atoms with Gasteiger partial charge < -0.3 is 20.1 Å². The number of morpholine rings is 1. The molecule has 4 rings (SSSR count). The monoisotopic (exact) mass is 416 g/mol. The molecule has 1 aliphatic heterocycles. The van der Waals surface area contributed by atoms with Crippen molar-refractivity contribution in [2.75, 3.05) is 19.8 Å². The van der Waals surface area contributed by atoms with Gasteiger partial charge in [-0.05, 0) is 54.7 Å². The first kappa shape index (κ1) is 20.9. The summed E-state index contributed by atoms with van der Waals surface area (Å²) in [4.78, 5) is 7.45. The van der Waals surface area contributed by atoms with Crippen molar-refractivity contribution in [3.05, 3.63) is 64.9 Å². The Kier molecular flexibility index (Phi) is 5.91. The number of nitrogens with zero attached hydrogens (tertiary/aromatic N) is 1. The highest BCUT2D eigenvalue weighted by Gasteiger charge is 2.16. The highest BCUT2D eigenvalue weighted by molar-refractivity contribution is 6.16. The van der Waals surface area contributed by atoms with E-state index in [2.05, 4.69) is 59.5 Å². The van der Waals surface area contributed by atoms with Crippen LogP contribution in [0, 0.1) is 12.3 Å². The molecule has 0 aliphatic carbocycles. The molecule has 3 aromatic rings. The van der Waals surface area contributed by atoms with Crippen molar-refractivity contribution in [2.45, 2.75) is 27.2 Å². The molecule has 0 bridgehead atoms. The van der Waals surface area contributed by atoms with Gasteiger partial charge in [-0.2, -0.15) is 0 Å². The molecule has 1 aromatic heterocycles. The van der Waals surface area contributed by atoms with Crippen molar-refractivity contribution >= 4 is 22.5 Å². The zero-order valence-electron chi connectivity index (χ0n) is 18.2. The molecule has 0 unspecified atom stereocenters. The van der Waals surface area contributed by atoms with Gasteiger partial charge in [-0.1, -0.05) is 31.2 Å². The maximum absolute atomic E-state index is 10.6. The number of fused-ring (bicyclic) bond motifs is 1. The lowest BCUT2D eigenvalue weighted by Crippen LogP contribution is -2.29. The van der Waals surface area contributed by atoms with Crippen LogP contribution in [0.5, 0.6) is 5.88 Å². The second kappa shape index (κ2) is 8.78. The molecule has 0 spiro atoms. The van der Waals surface area contributed by atoms with Crippen LogP contribution < -0.4 is 5.32 Å². The van der Waals surface area contributed by atoms with Crippen LogP contribution in [0.25, 0.3) is 22.0 Å². The number of aromatic nitrogens is 1. The third-order valence-electron chi connectivity index (χ3n) is 5.62. The third-order valence-corrected chi connectivity index (χ3v) is 5.62. The van der Waals surface area contributed by atoms with Gasteiger partial charge in [-0.25, -0.2) is 4.99 Å². The van der Waals surface area contributed by atoms with Gasteiger partial charge in [-0.3, -0.25) is 5.41 Å². The molecule has 160 valence electrons. The fourth-order valence-corrected chi connectivity index (χ4v) is 3.96. The smallest absolute Gasteiger partial charge is 0.198 e. The molecule has 0 amide bonds. The summed E-state index contributed by atoms with van der Waals surface area (Å²) in [6.07, 6.45) is 2.65. The Hall–Kier alpha value is -3.38. The van der Waals surface area contributed by atoms with E-state index in [1.807, 2.05) is 13.0 Å². The summed E-state index contributed by atoms with van der Waals surface area (Å²) in [7, 11) is 0. The second-order valence-electron chi connectivity index (χ2n) is 7.84. The van der Waals surface area contributed by atoms with Gasteiger partial charge >= 0.3 is 0 Å². The predicted molar refractivity (Wildman–Crippen MR) is 126 cm³/mol. The van der Waals surface area contributed by atoms with Crippen molar-refractivity contribution < 1.29 is 9.84 Å². The zero-order chi connectivity index (χ0) is 22.0. The molecule has 0 saturated carbocycles. The number of aliphatic imine (C=N–C) groups is 1. The van der Waals surface area contributed by atoms with E-state index in [-0.39, 0.29) is 11.7 Å². The van der Waals surface area contributed by atoms with E-state index in [0.717, 1.165) is 35.1 Å². The van der Waals surface area contributed by atoms with Crippen LogP contribution in [0.1, 0.15) is 30.5 Å². The number of nitrogens with one attached hydrogen (secondary N) is 3. The summed E-state index contributed by atoms with van der Waals surface area (Å²) < 4.78 is 5.40. The minimum absolute atomic E-state index is 0.0620. The van der Waals surface area contributed by atoms with Crippen molar-refractivity contribution in [1.29, 1.82) is 5.41 Å². The summed E-state index contributed by atoms with van der Waals surface area (Å²) in [5, 5.41) is 22.9. The molecule has 4 N–H and O–H groups in total. The van der Waals surface area contributed by atoms with Crippen molar-refractivity contribution in [1.82, 2.24) is 10.3 Å². The number of hydrogen-bond donors (Lipinski definition) is 4. The Morgan fingerprint density at radius 1 is 1.26 bits per heavy atom. The maximum atomic E-state index is 10.6. The fraction of sp³-hybridized carbons (Fsp3) is 0.280. The summed E-state index contributed by atoms with van der Waals surface area (Å²) in [6, 6.07) is 12.7. The van der Waals surface area contributed by atoms with E-state index in [9.17, 15) is 5.11 Å². The first-order chi connectivity index (χ1) is 15.0. The van der Waals surface area contributed by atoms with Crippen LogP contribution in [-0.2, 0) is 11.2 Å². The molecule has 2 aromatic carbocycles. The SMILES string of the molecule is CCc1ccc(C)c(-c2ccc3[nH]c(O)c(C(C)=NC(=N)/C=C4/COCCN4)c3c2)c1. The van der Waals surface area contributed by atoms with Crippen molar-refractivity contribution in [3.8, 4) is 17.0 Å². The molecule has 1 saturated heterocycles. The highest BCUT2D eigenvalue weighted by Crippen LogP contribution is 2.33. The average molecular weight is 417 g/mol. The fourth-order valence-electron chi connectivity index (χ4n) is 3.96. The lowest BCUT2D eigenvalue weighted by atomic mass is 9.95. The van der Waals surface area contributed by atoms with E-state index < -0.39 is 0 Å². The van der Waals surface area contributed by atoms with Gasteiger partial charge in [0.05, 0.1) is 24.5 Å². The number of aromatic amines is 1. The van der Waals surface area contributed by atoms with Gasteiger partial charge in [-0.15, -0.1) is 0 Å². The standard InChI is InChI=1S/C25H28N4O2/c1-4-17-6-5-15(2)20(11-17)18-7-8-22-21(12-18)24(25(30)29-22)16(3)28-23(26)13-19-14-31-10-9-27-19/h5-8,11-13,26-27,29-30H,4,9-10,14H2,1-3H3/b19-13-,26-23?,28-16?. The number of amidine groups is 1. The van der Waals surface area contributed by atoms with Gasteiger partial charge in [0, 0.05) is 29.2 Å². The average Bonchev–Trinajstić information content (AvgIpc) is 3.09. The van der Waals surface area contributed by atoms with E-state index >= 15 is 0 Å². The van der Waals surface area contributed by atoms with Crippen LogP contribution in [0.15, 0.2) is 53.2 Å². The Morgan fingerprint density at radius 3 is 2.84 bits per heavy atom.